The number of carbonyl (C=O) groups is 3. The van der Waals surface area contributed by atoms with Gasteiger partial charge in [0.1, 0.15) is 11.9 Å². The van der Waals surface area contributed by atoms with Gasteiger partial charge in [-0.05, 0) is 79.3 Å². The third-order valence-electron chi connectivity index (χ3n) is 9.85. The highest BCUT2D eigenvalue weighted by atomic mass is 16.4. The number of nitrogens with zero attached hydrogens (tertiary/aromatic N) is 4. The van der Waals surface area contributed by atoms with Crippen LogP contribution in [0.4, 0.5) is 5.69 Å². The second kappa shape index (κ2) is 14.1. The van der Waals surface area contributed by atoms with E-state index in [0.717, 1.165) is 64.9 Å². The highest BCUT2D eigenvalue weighted by Crippen LogP contribution is 2.34. The summed E-state index contributed by atoms with van der Waals surface area (Å²) in [7, 11) is 0. The zero-order valence-corrected chi connectivity index (χ0v) is 28.1. The van der Waals surface area contributed by atoms with Crippen molar-refractivity contribution in [3.63, 3.8) is 0 Å². The van der Waals surface area contributed by atoms with Crippen molar-refractivity contribution in [1.29, 1.82) is 0 Å². The molecule has 2 atom stereocenters. The van der Waals surface area contributed by atoms with Crippen LogP contribution in [-0.2, 0) is 27.2 Å². The van der Waals surface area contributed by atoms with E-state index in [4.69, 9.17) is 9.40 Å². The van der Waals surface area contributed by atoms with Crippen LogP contribution in [0.3, 0.4) is 0 Å². The van der Waals surface area contributed by atoms with E-state index in [1.165, 1.54) is 0 Å². The molecular formula is C41H38N6O4. The average Bonchev–Trinajstić information content (AvgIpc) is 3.98. The summed E-state index contributed by atoms with van der Waals surface area (Å²) in [6.45, 7) is 1.31. The van der Waals surface area contributed by atoms with Crippen molar-refractivity contribution < 1.29 is 18.8 Å². The van der Waals surface area contributed by atoms with Crippen LogP contribution in [0.25, 0.3) is 33.8 Å². The standard InChI is InChI=1S/C41H38N6O4/c48-37(23-27-9-3-1-4-10-27)46-21-7-13-34(46)39-44-32-20-17-30(25-33(32)45-39)36-26-42-41(51-36)29-15-18-31(19-16-29)43-40(50)35-14-8-22-47(35)38(49)24-28-11-5-2-6-12-28/h1-6,9-12,15-20,25-26,34-35H,7-8,13-14,21-24H2,(H,43,50)(H,44,45)/t34-,35-/m0/s1. The van der Waals surface area contributed by atoms with Crippen LogP contribution in [0, 0.1) is 0 Å². The minimum atomic E-state index is -0.488. The number of likely N-dealkylation sites (tertiary alicyclic amines) is 2. The highest BCUT2D eigenvalue weighted by molar-refractivity contribution is 5.98. The van der Waals surface area contributed by atoms with E-state index < -0.39 is 6.04 Å². The van der Waals surface area contributed by atoms with Gasteiger partial charge in [0, 0.05) is 29.9 Å². The Balaban J connectivity index is 0.915. The molecule has 2 fully saturated rings. The number of amides is 3. The Morgan fingerprint density at radius 1 is 0.765 bits per heavy atom. The van der Waals surface area contributed by atoms with Crippen LogP contribution in [0.5, 0.6) is 0 Å². The number of H-pyrrole nitrogens is 1. The smallest absolute Gasteiger partial charge is 0.247 e. The Morgan fingerprint density at radius 3 is 2.14 bits per heavy atom. The first-order valence-electron chi connectivity index (χ1n) is 17.5. The molecular weight excluding hydrogens is 640 g/mol. The maximum atomic E-state index is 13.2. The molecule has 4 aromatic carbocycles. The molecule has 10 heteroatoms. The number of anilines is 1. The molecule has 2 aliphatic heterocycles. The fraction of sp³-hybridized carbons (Fsp3) is 0.244. The summed E-state index contributed by atoms with van der Waals surface area (Å²) in [6, 6.07) is 32.1. The van der Waals surface area contributed by atoms with Crippen LogP contribution in [-0.4, -0.2) is 61.6 Å². The lowest BCUT2D eigenvalue weighted by Crippen LogP contribution is -2.43. The van der Waals surface area contributed by atoms with E-state index in [9.17, 15) is 14.4 Å². The van der Waals surface area contributed by atoms with Crippen molar-refractivity contribution in [2.75, 3.05) is 18.4 Å². The zero-order chi connectivity index (χ0) is 34.7. The largest absolute Gasteiger partial charge is 0.436 e. The summed E-state index contributed by atoms with van der Waals surface area (Å²) >= 11 is 0. The lowest BCUT2D eigenvalue weighted by Gasteiger charge is -2.24. The van der Waals surface area contributed by atoms with Crippen LogP contribution in [0.2, 0.25) is 0 Å². The summed E-state index contributed by atoms with van der Waals surface area (Å²) in [5.41, 5.74) is 5.91. The zero-order valence-electron chi connectivity index (χ0n) is 28.1. The molecule has 2 aromatic heterocycles. The van der Waals surface area contributed by atoms with E-state index in [-0.39, 0.29) is 30.2 Å². The second-order valence-corrected chi connectivity index (χ2v) is 13.3. The number of oxazole rings is 1. The average molecular weight is 679 g/mol. The molecule has 0 radical (unpaired) electrons. The lowest BCUT2D eigenvalue weighted by atomic mass is 10.1. The summed E-state index contributed by atoms with van der Waals surface area (Å²) in [6.07, 6.45) is 5.61. The fourth-order valence-corrected chi connectivity index (χ4v) is 7.23. The Hall–Kier alpha value is -6.03. The number of hydrogen-bond donors (Lipinski definition) is 2. The van der Waals surface area contributed by atoms with Crippen LogP contribution in [0.15, 0.2) is 114 Å². The van der Waals surface area contributed by atoms with E-state index in [2.05, 4.69) is 15.3 Å². The van der Waals surface area contributed by atoms with E-state index >= 15 is 0 Å². The second-order valence-electron chi connectivity index (χ2n) is 13.3. The van der Waals surface area contributed by atoms with Gasteiger partial charge < -0.3 is 24.5 Å². The third-order valence-corrected chi connectivity index (χ3v) is 9.85. The number of carbonyl (C=O) groups excluding carboxylic acids is 3. The van der Waals surface area contributed by atoms with E-state index in [1.54, 1.807) is 11.1 Å². The molecule has 2 N–H and O–H groups in total. The van der Waals surface area contributed by atoms with Gasteiger partial charge in [-0.3, -0.25) is 14.4 Å². The topological polar surface area (TPSA) is 124 Å². The molecule has 10 nitrogen and oxygen atoms in total. The predicted molar refractivity (Wildman–Crippen MR) is 194 cm³/mol. The molecule has 8 rings (SSSR count). The lowest BCUT2D eigenvalue weighted by molar-refractivity contribution is -0.136. The molecule has 3 amide bonds. The molecule has 0 bridgehead atoms. The third kappa shape index (κ3) is 6.90. The quantitative estimate of drug-likeness (QED) is 0.170. The van der Waals surface area contributed by atoms with Gasteiger partial charge >= 0.3 is 0 Å². The fourth-order valence-electron chi connectivity index (χ4n) is 7.23. The van der Waals surface area contributed by atoms with Gasteiger partial charge in [-0.15, -0.1) is 0 Å². The van der Waals surface area contributed by atoms with Gasteiger partial charge in [0.05, 0.1) is 36.1 Å². The van der Waals surface area contributed by atoms with Crippen molar-refractivity contribution in [2.45, 2.75) is 50.6 Å². The Labute approximate surface area is 295 Å². The predicted octanol–water partition coefficient (Wildman–Crippen LogP) is 6.96. The molecule has 0 unspecified atom stereocenters. The van der Waals surface area contributed by atoms with E-state index in [1.807, 2.05) is 108 Å². The molecule has 6 aromatic rings. The molecule has 51 heavy (non-hydrogen) atoms. The minimum Gasteiger partial charge on any atom is -0.436 e. The molecule has 2 aliphatic rings. The van der Waals surface area contributed by atoms with Crippen LogP contribution >= 0.6 is 0 Å². The molecule has 0 saturated carbocycles. The highest BCUT2D eigenvalue weighted by Gasteiger charge is 2.34. The number of aromatic amines is 1. The van der Waals surface area contributed by atoms with Gasteiger partial charge in [0.25, 0.3) is 0 Å². The summed E-state index contributed by atoms with van der Waals surface area (Å²) in [5.74, 6) is 1.76. The van der Waals surface area contributed by atoms with Gasteiger partial charge in [-0.2, -0.15) is 0 Å². The van der Waals surface area contributed by atoms with Gasteiger partial charge in [0.15, 0.2) is 5.76 Å². The number of fused-ring (bicyclic) bond motifs is 1. The van der Waals surface area contributed by atoms with Crippen molar-refractivity contribution in [3.05, 3.63) is 126 Å². The molecule has 256 valence electrons. The first-order chi connectivity index (χ1) is 25.0. The minimum absolute atomic E-state index is 0.0347. The van der Waals surface area contributed by atoms with E-state index in [0.29, 0.717) is 36.7 Å². The molecule has 4 heterocycles. The van der Waals surface area contributed by atoms with Gasteiger partial charge in [-0.25, -0.2) is 9.97 Å². The molecule has 0 spiro atoms. The Morgan fingerprint density at radius 2 is 1.41 bits per heavy atom. The number of nitrogens with one attached hydrogen (secondary N) is 2. The molecule has 0 aliphatic carbocycles. The van der Waals surface area contributed by atoms with Crippen molar-refractivity contribution in [1.82, 2.24) is 24.8 Å². The summed E-state index contributed by atoms with van der Waals surface area (Å²) < 4.78 is 6.18. The SMILES string of the molecule is O=C(Nc1ccc(-c2ncc(-c3ccc4nc([C@@H]5CCCN5C(=O)Cc5ccccc5)[nH]c4c3)o2)cc1)[C@@H]1CCCN1C(=O)Cc1ccccc1. The summed E-state index contributed by atoms with van der Waals surface area (Å²) in [5, 5.41) is 2.99. The summed E-state index contributed by atoms with van der Waals surface area (Å²) in [4.78, 5) is 55.9. The Bertz CT molecular complexity index is 2180. The van der Waals surface area contributed by atoms with Crippen molar-refractivity contribution in [2.24, 2.45) is 0 Å². The number of aromatic nitrogens is 3. The van der Waals surface area contributed by atoms with Crippen molar-refractivity contribution in [3.8, 4) is 22.8 Å². The number of hydrogen-bond acceptors (Lipinski definition) is 6. The van der Waals surface area contributed by atoms with Crippen LogP contribution < -0.4 is 5.32 Å². The first kappa shape index (κ1) is 32.2. The number of rotatable bonds is 9. The number of imidazole rings is 1. The number of benzene rings is 4. The Kier molecular flexibility index (Phi) is 8.88. The van der Waals surface area contributed by atoms with Gasteiger partial charge in [0.2, 0.25) is 23.6 Å². The first-order valence-corrected chi connectivity index (χ1v) is 17.5. The van der Waals surface area contributed by atoms with Crippen molar-refractivity contribution >= 4 is 34.4 Å². The van der Waals surface area contributed by atoms with Gasteiger partial charge in [-0.1, -0.05) is 60.7 Å². The van der Waals surface area contributed by atoms with Crippen LogP contribution in [0.1, 0.15) is 48.7 Å². The normalized spacial score (nSPS) is 17.3. The maximum absolute atomic E-state index is 13.2. The molecule has 2 saturated heterocycles. The monoisotopic (exact) mass is 678 g/mol. The maximum Gasteiger partial charge on any atom is 0.247 e.